The highest BCUT2D eigenvalue weighted by molar-refractivity contribution is 6.30. The number of benzene rings is 1. The van der Waals surface area contributed by atoms with E-state index in [1.54, 1.807) is 49.4 Å². The van der Waals surface area contributed by atoms with Gasteiger partial charge < -0.3 is 5.32 Å². The van der Waals surface area contributed by atoms with Gasteiger partial charge in [-0.2, -0.15) is 0 Å². The van der Waals surface area contributed by atoms with Gasteiger partial charge >= 0.3 is 0 Å². The molecule has 0 aliphatic carbocycles. The average molecular weight is 314 g/mol. The van der Waals surface area contributed by atoms with Gasteiger partial charge in [0.1, 0.15) is 17.0 Å². The highest BCUT2D eigenvalue weighted by Gasteiger charge is 2.13. The minimum Gasteiger partial charge on any atom is -0.339 e. The maximum absolute atomic E-state index is 12.5. The molecule has 1 N–H and O–H groups in total. The number of aryl methyl sites for hydroxylation is 1. The fourth-order valence-corrected chi connectivity index (χ4v) is 2.45. The van der Waals surface area contributed by atoms with E-state index in [2.05, 4.69) is 10.3 Å². The summed E-state index contributed by atoms with van der Waals surface area (Å²) >= 11 is 5.94. The Labute approximate surface area is 131 Å². The van der Waals surface area contributed by atoms with Crippen molar-refractivity contribution in [2.75, 3.05) is 5.32 Å². The first-order valence-electron chi connectivity index (χ1n) is 6.60. The fourth-order valence-electron chi connectivity index (χ4n) is 2.26. The van der Waals surface area contributed by atoms with E-state index < -0.39 is 5.56 Å². The van der Waals surface area contributed by atoms with Crippen molar-refractivity contribution in [2.24, 2.45) is 0 Å². The summed E-state index contributed by atoms with van der Waals surface area (Å²) in [5.41, 5.74) is 1.42. The molecule has 0 fully saturated rings. The van der Waals surface area contributed by atoms with Crippen LogP contribution in [-0.4, -0.2) is 15.7 Å². The van der Waals surface area contributed by atoms with E-state index in [9.17, 15) is 9.59 Å². The van der Waals surface area contributed by atoms with Crippen LogP contribution < -0.4 is 10.9 Å². The van der Waals surface area contributed by atoms with Crippen molar-refractivity contribution >= 4 is 35.0 Å². The van der Waals surface area contributed by atoms with Gasteiger partial charge in [-0.05, 0) is 37.3 Å². The summed E-state index contributed by atoms with van der Waals surface area (Å²) in [5, 5.41) is 3.52. The van der Waals surface area contributed by atoms with Crippen molar-refractivity contribution in [1.82, 2.24) is 9.38 Å². The first kappa shape index (κ1) is 14.3. The number of anilines is 2. The normalized spacial score (nSPS) is 10.6. The summed E-state index contributed by atoms with van der Waals surface area (Å²) in [6.07, 6.45) is 0.515. The highest BCUT2D eigenvalue weighted by Crippen LogP contribution is 2.20. The number of halogens is 1. The average Bonchev–Trinajstić information content (AvgIpc) is 2.47. The summed E-state index contributed by atoms with van der Waals surface area (Å²) in [5.74, 6) is 0.216. The van der Waals surface area contributed by atoms with Crippen LogP contribution in [0.3, 0.4) is 0 Å². The summed E-state index contributed by atoms with van der Waals surface area (Å²) in [6.45, 7) is 1.79. The number of rotatable bonds is 3. The molecule has 0 bridgehead atoms. The Morgan fingerprint density at radius 1 is 1.23 bits per heavy atom. The third-order valence-electron chi connectivity index (χ3n) is 3.28. The lowest BCUT2D eigenvalue weighted by atomic mass is 10.2. The molecular formula is C16H12ClN3O2. The summed E-state index contributed by atoms with van der Waals surface area (Å²) < 4.78 is 1.41. The van der Waals surface area contributed by atoms with Crippen LogP contribution in [0.1, 0.15) is 16.1 Å². The summed E-state index contributed by atoms with van der Waals surface area (Å²) in [4.78, 5) is 28.2. The van der Waals surface area contributed by atoms with E-state index in [0.717, 1.165) is 0 Å². The van der Waals surface area contributed by atoms with E-state index in [0.29, 0.717) is 28.3 Å². The molecule has 22 heavy (non-hydrogen) atoms. The third kappa shape index (κ3) is 2.46. The van der Waals surface area contributed by atoms with Crippen LogP contribution in [0.5, 0.6) is 0 Å². The molecule has 0 saturated heterocycles. The van der Waals surface area contributed by atoms with Gasteiger partial charge in [-0.3, -0.25) is 14.0 Å². The Hall–Kier alpha value is -2.66. The second-order valence-corrected chi connectivity index (χ2v) is 5.23. The number of hydrogen-bond acceptors (Lipinski definition) is 4. The number of nitrogens with zero attached hydrogens (tertiary/aromatic N) is 2. The van der Waals surface area contributed by atoms with Crippen LogP contribution in [0.25, 0.3) is 5.65 Å². The molecule has 1 aromatic carbocycles. The number of aldehydes is 1. The highest BCUT2D eigenvalue weighted by atomic mass is 35.5. The second-order valence-electron chi connectivity index (χ2n) is 4.79. The number of pyridine rings is 1. The molecule has 2 aromatic heterocycles. The molecule has 3 aromatic rings. The first-order chi connectivity index (χ1) is 10.6. The predicted molar refractivity (Wildman–Crippen MR) is 86.3 cm³/mol. The van der Waals surface area contributed by atoms with Crippen molar-refractivity contribution < 1.29 is 4.79 Å². The van der Waals surface area contributed by atoms with Gasteiger partial charge in [0.25, 0.3) is 5.56 Å². The SMILES string of the molecule is Cc1cccc2nc(Nc3cccc(Cl)c3)c(C=O)c(=O)n12. The van der Waals surface area contributed by atoms with E-state index in [4.69, 9.17) is 11.6 Å². The molecule has 2 heterocycles. The van der Waals surface area contributed by atoms with E-state index in [1.807, 2.05) is 0 Å². The number of hydrogen-bond donors (Lipinski definition) is 1. The number of aromatic nitrogens is 2. The van der Waals surface area contributed by atoms with Crippen molar-refractivity contribution in [2.45, 2.75) is 6.92 Å². The van der Waals surface area contributed by atoms with Crippen LogP contribution in [-0.2, 0) is 0 Å². The van der Waals surface area contributed by atoms with Gasteiger partial charge in [0.2, 0.25) is 0 Å². The molecule has 0 saturated carbocycles. The predicted octanol–water partition coefficient (Wildman–Crippen LogP) is 3.21. The Balaban J connectivity index is 2.21. The van der Waals surface area contributed by atoms with E-state index in [1.165, 1.54) is 4.40 Å². The number of nitrogens with one attached hydrogen (secondary N) is 1. The van der Waals surface area contributed by atoms with Crippen LogP contribution in [0.2, 0.25) is 5.02 Å². The molecule has 0 spiro atoms. The molecule has 0 aliphatic heterocycles. The van der Waals surface area contributed by atoms with Crippen molar-refractivity contribution in [3.05, 3.63) is 69.1 Å². The maximum atomic E-state index is 12.5. The van der Waals surface area contributed by atoms with Crippen LogP contribution in [0.4, 0.5) is 11.5 Å². The molecule has 5 nitrogen and oxygen atoms in total. The Morgan fingerprint density at radius 3 is 2.73 bits per heavy atom. The minimum atomic E-state index is -0.400. The third-order valence-corrected chi connectivity index (χ3v) is 3.52. The number of carbonyl (C=O) groups is 1. The topological polar surface area (TPSA) is 63.5 Å². The molecule has 0 unspecified atom stereocenters. The van der Waals surface area contributed by atoms with Gasteiger partial charge in [0.15, 0.2) is 6.29 Å². The zero-order valence-corrected chi connectivity index (χ0v) is 12.5. The van der Waals surface area contributed by atoms with Crippen molar-refractivity contribution in [3.63, 3.8) is 0 Å². The van der Waals surface area contributed by atoms with Gasteiger partial charge in [-0.1, -0.05) is 23.7 Å². The molecule has 110 valence electrons. The maximum Gasteiger partial charge on any atom is 0.270 e. The zero-order chi connectivity index (χ0) is 15.7. The lowest BCUT2D eigenvalue weighted by Gasteiger charge is -2.11. The van der Waals surface area contributed by atoms with E-state index in [-0.39, 0.29) is 11.4 Å². The van der Waals surface area contributed by atoms with Crippen LogP contribution >= 0.6 is 11.6 Å². The first-order valence-corrected chi connectivity index (χ1v) is 6.98. The molecule has 0 amide bonds. The lowest BCUT2D eigenvalue weighted by Crippen LogP contribution is -2.23. The van der Waals surface area contributed by atoms with Gasteiger partial charge in [-0.25, -0.2) is 4.98 Å². The summed E-state index contributed by atoms with van der Waals surface area (Å²) in [6, 6.07) is 12.3. The van der Waals surface area contributed by atoms with E-state index >= 15 is 0 Å². The number of carbonyl (C=O) groups excluding carboxylic acids is 1. The zero-order valence-electron chi connectivity index (χ0n) is 11.7. The number of fused-ring (bicyclic) bond motifs is 1. The standard InChI is InChI=1S/C16H12ClN3O2/c1-10-4-2-7-14-19-15(13(9-21)16(22)20(10)14)18-12-6-3-5-11(17)8-12/h2-9,18H,1H3. The second kappa shape index (κ2) is 5.61. The smallest absolute Gasteiger partial charge is 0.270 e. The molecule has 3 rings (SSSR count). The largest absolute Gasteiger partial charge is 0.339 e. The van der Waals surface area contributed by atoms with Crippen molar-refractivity contribution in [1.29, 1.82) is 0 Å². The van der Waals surface area contributed by atoms with Gasteiger partial charge in [0.05, 0.1) is 0 Å². The minimum absolute atomic E-state index is 0.0215. The fraction of sp³-hybridized carbons (Fsp3) is 0.0625. The molecule has 0 radical (unpaired) electrons. The van der Waals surface area contributed by atoms with Crippen LogP contribution in [0.15, 0.2) is 47.3 Å². The molecular weight excluding hydrogens is 302 g/mol. The molecule has 0 atom stereocenters. The Morgan fingerprint density at radius 2 is 2.00 bits per heavy atom. The molecule has 6 heteroatoms. The Bertz CT molecular complexity index is 934. The Kier molecular flexibility index (Phi) is 3.65. The molecule has 0 aliphatic rings. The van der Waals surface area contributed by atoms with Crippen molar-refractivity contribution in [3.8, 4) is 0 Å². The van der Waals surface area contributed by atoms with Crippen LogP contribution in [0, 0.1) is 6.92 Å². The van der Waals surface area contributed by atoms with Gasteiger partial charge in [-0.15, -0.1) is 0 Å². The van der Waals surface area contributed by atoms with Gasteiger partial charge in [0, 0.05) is 16.4 Å². The lowest BCUT2D eigenvalue weighted by molar-refractivity contribution is 0.112. The monoisotopic (exact) mass is 313 g/mol. The summed E-state index contributed by atoms with van der Waals surface area (Å²) in [7, 11) is 0. The quantitative estimate of drug-likeness (QED) is 0.754.